The molecule has 72 valence electrons. The minimum Gasteiger partial charge on any atom is -0.391 e. The van der Waals surface area contributed by atoms with E-state index < -0.39 is 0 Å². The second-order valence-electron chi connectivity index (χ2n) is 1.95. The molecule has 0 radical (unpaired) electrons. The first-order chi connectivity index (χ1) is 5.72. The molecule has 3 heteroatoms. The maximum absolute atomic E-state index is 10.6. The summed E-state index contributed by atoms with van der Waals surface area (Å²) < 4.78 is 0. The van der Waals surface area contributed by atoms with Crippen molar-refractivity contribution in [1.29, 1.82) is 0 Å². The zero-order chi connectivity index (χ0) is 9.98. The third-order valence-corrected chi connectivity index (χ3v) is 1.18. The summed E-state index contributed by atoms with van der Waals surface area (Å²) in [4.78, 5) is 10.6. The van der Waals surface area contributed by atoms with Gasteiger partial charge in [0.25, 0.3) is 0 Å². The first-order valence-electron chi connectivity index (χ1n) is 4.44. The molecule has 0 fully saturated rings. The molecule has 0 atom stereocenters. The summed E-state index contributed by atoms with van der Waals surface area (Å²) in [5.41, 5.74) is 5.68. The van der Waals surface area contributed by atoms with Crippen molar-refractivity contribution in [3.05, 3.63) is 11.8 Å². The number of carbonyl (C=O) groups is 1. The van der Waals surface area contributed by atoms with Crippen LogP contribution >= 0.6 is 0 Å². The number of rotatable bonds is 4. The van der Waals surface area contributed by atoms with E-state index in [4.69, 9.17) is 5.73 Å². The van der Waals surface area contributed by atoms with Gasteiger partial charge in [0.1, 0.15) is 0 Å². The van der Waals surface area contributed by atoms with E-state index in [0.29, 0.717) is 12.0 Å². The molecule has 1 amide bonds. The average molecular weight is 172 g/mol. The summed E-state index contributed by atoms with van der Waals surface area (Å²) in [6.07, 6.45) is 2.35. The van der Waals surface area contributed by atoms with Gasteiger partial charge >= 0.3 is 0 Å². The molecule has 0 aliphatic rings. The first kappa shape index (κ1) is 13.6. The fourth-order valence-electron chi connectivity index (χ4n) is 0.573. The Morgan fingerprint density at radius 2 is 1.92 bits per heavy atom. The molecule has 0 aliphatic carbocycles. The van der Waals surface area contributed by atoms with Crippen LogP contribution in [0.2, 0.25) is 0 Å². The minimum absolute atomic E-state index is 0.344. The van der Waals surface area contributed by atoms with Gasteiger partial charge in [-0.15, -0.1) is 0 Å². The molecule has 0 bridgehead atoms. The minimum atomic E-state index is -0.344. The maximum Gasteiger partial charge on any atom is 0.246 e. The van der Waals surface area contributed by atoms with Gasteiger partial charge in [0.05, 0.1) is 0 Å². The monoisotopic (exact) mass is 172 g/mol. The molecule has 0 saturated carbocycles. The van der Waals surface area contributed by atoms with Gasteiger partial charge in [-0.25, -0.2) is 0 Å². The smallest absolute Gasteiger partial charge is 0.246 e. The Morgan fingerprint density at radius 3 is 2.17 bits per heavy atom. The van der Waals surface area contributed by atoms with Gasteiger partial charge in [-0.3, -0.25) is 4.79 Å². The van der Waals surface area contributed by atoms with Crippen LogP contribution in [0, 0.1) is 0 Å². The Labute approximate surface area is 75.0 Å². The van der Waals surface area contributed by atoms with E-state index in [1.807, 2.05) is 27.7 Å². The lowest BCUT2D eigenvalue weighted by Gasteiger charge is -1.98. The summed E-state index contributed by atoms with van der Waals surface area (Å²) in [6.45, 7) is 8.68. The summed E-state index contributed by atoms with van der Waals surface area (Å²) in [7, 11) is 0. The van der Waals surface area contributed by atoms with Gasteiger partial charge in [-0.1, -0.05) is 20.8 Å². The lowest BCUT2D eigenvalue weighted by molar-refractivity contribution is -0.114. The van der Waals surface area contributed by atoms with E-state index in [1.165, 1.54) is 0 Å². The van der Waals surface area contributed by atoms with E-state index in [2.05, 4.69) is 5.32 Å². The van der Waals surface area contributed by atoms with E-state index in [-0.39, 0.29) is 5.91 Å². The number of nitrogens with two attached hydrogens (primary N) is 1. The topological polar surface area (TPSA) is 55.1 Å². The quantitative estimate of drug-likeness (QED) is 0.630. The van der Waals surface area contributed by atoms with Crippen molar-refractivity contribution in [3.63, 3.8) is 0 Å². The Morgan fingerprint density at radius 1 is 1.42 bits per heavy atom. The van der Waals surface area contributed by atoms with E-state index in [0.717, 1.165) is 6.54 Å². The van der Waals surface area contributed by atoms with Gasteiger partial charge in [0, 0.05) is 18.3 Å². The molecule has 0 rings (SSSR count). The van der Waals surface area contributed by atoms with E-state index >= 15 is 0 Å². The summed E-state index contributed by atoms with van der Waals surface area (Å²) >= 11 is 0. The number of primary amides is 1. The van der Waals surface area contributed by atoms with Crippen molar-refractivity contribution >= 4 is 5.91 Å². The van der Waals surface area contributed by atoms with E-state index in [1.54, 1.807) is 6.20 Å². The van der Waals surface area contributed by atoms with Crippen LogP contribution < -0.4 is 11.1 Å². The predicted molar refractivity (Wildman–Crippen MR) is 52.6 cm³/mol. The molecular formula is C9H20N2O. The van der Waals surface area contributed by atoms with Gasteiger partial charge in [0.15, 0.2) is 0 Å². The van der Waals surface area contributed by atoms with Crippen LogP contribution in [0.15, 0.2) is 11.8 Å². The molecular weight excluding hydrogens is 152 g/mol. The van der Waals surface area contributed by atoms with Crippen molar-refractivity contribution in [2.75, 3.05) is 6.54 Å². The maximum atomic E-state index is 10.6. The highest BCUT2D eigenvalue weighted by Gasteiger charge is 1.98. The molecule has 3 N–H and O–H groups in total. The molecule has 0 heterocycles. The lowest BCUT2D eigenvalue weighted by atomic mass is 10.2. The average Bonchev–Trinajstić information content (AvgIpc) is 2.09. The highest BCUT2D eigenvalue weighted by molar-refractivity contribution is 5.91. The zero-order valence-electron chi connectivity index (χ0n) is 8.48. The molecule has 0 saturated heterocycles. The summed E-state index contributed by atoms with van der Waals surface area (Å²) in [6, 6.07) is 0. The Hall–Kier alpha value is -0.990. The molecule has 0 aromatic heterocycles. The van der Waals surface area contributed by atoms with Crippen LogP contribution in [-0.2, 0) is 4.79 Å². The largest absolute Gasteiger partial charge is 0.391 e. The van der Waals surface area contributed by atoms with Crippen LogP contribution in [0.4, 0.5) is 0 Å². The SMILES string of the molecule is CC.CCN/C=C(\CC)C(N)=O. The second-order valence-corrected chi connectivity index (χ2v) is 1.95. The van der Waals surface area contributed by atoms with Gasteiger partial charge in [0.2, 0.25) is 5.91 Å². The number of amides is 1. The van der Waals surface area contributed by atoms with Gasteiger partial charge in [-0.2, -0.15) is 0 Å². The molecule has 0 aromatic rings. The Kier molecular flexibility index (Phi) is 11.3. The van der Waals surface area contributed by atoms with Gasteiger partial charge < -0.3 is 11.1 Å². The number of carbonyl (C=O) groups excluding carboxylic acids is 1. The fraction of sp³-hybridized carbons (Fsp3) is 0.667. The van der Waals surface area contributed by atoms with Crippen LogP contribution in [0.3, 0.4) is 0 Å². The second kappa shape index (κ2) is 10.0. The van der Waals surface area contributed by atoms with Crippen molar-refractivity contribution in [3.8, 4) is 0 Å². The number of nitrogens with one attached hydrogen (secondary N) is 1. The molecule has 0 spiro atoms. The van der Waals surface area contributed by atoms with Crippen LogP contribution in [0.1, 0.15) is 34.1 Å². The first-order valence-corrected chi connectivity index (χ1v) is 4.44. The van der Waals surface area contributed by atoms with E-state index in [9.17, 15) is 4.79 Å². The highest BCUT2D eigenvalue weighted by atomic mass is 16.1. The fourth-order valence-corrected chi connectivity index (χ4v) is 0.573. The summed E-state index contributed by atoms with van der Waals surface area (Å²) in [5, 5.41) is 2.92. The Bertz CT molecular complexity index is 141. The third-order valence-electron chi connectivity index (χ3n) is 1.18. The highest BCUT2D eigenvalue weighted by Crippen LogP contribution is 1.95. The predicted octanol–water partition coefficient (Wildman–Crippen LogP) is 1.40. The van der Waals surface area contributed by atoms with Crippen molar-refractivity contribution in [1.82, 2.24) is 5.32 Å². The van der Waals surface area contributed by atoms with Gasteiger partial charge in [-0.05, 0) is 13.3 Å². The molecule has 3 nitrogen and oxygen atoms in total. The zero-order valence-corrected chi connectivity index (χ0v) is 8.48. The van der Waals surface area contributed by atoms with Crippen LogP contribution in [0.5, 0.6) is 0 Å². The van der Waals surface area contributed by atoms with Crippen molar-refractivity contribution in [2.45, 2.75) is 34.1 Å². The molecule has 0 aromatic carbocycles. The van der Waals surface area contributed by atoms with Crippen LogP contribution in [0.25, 0.3) is 0 Å². The normalized spacial score (nSPS) is 9.83. The lowest BCUT2D eigenvalue weighted by Crippen LogP contribution is -2.16. The Balaban J connectivity index is 0. The summed E-state index contributed by atoms with van der Waals surface area (Å²) in [5.74, 6) is -0.344. The van der Waals surface area contributed by atoms with Crippen molar-refractivity contribution in [2.24, 2.45) is 5.73 Å². The number of hydrogen-bond acceptors (Lipinski definition) is 2. The van der Waals surface area contributed by atoms with Crippen molar-refractivity contribution < 1.29 is 4.79 Å². The number of hydrogen-bond donors (Lipinski definition) is 2. The third kappa shape index (κ3) is 7.12. The van der Waals surface area contributed by atoms with Crippen LogP contribution in [-0.4, -0.2) is 12.5 Å². The standard InChI is InChI=1S/C7H14N2O.C2H6/c1-3-6(7(8)10)5-9-4-2;1-2/h5,9H,3-4H2,1-2H3,(H2,8,10);1-2H3/b6-5+;. The molecule has 12 heavy (non-hydrogen) atoms. The molecule has 0 unspecified atom stereocenters. The molecule has 0 aliphatic heterocycles.